The maximum atomic E-state index is 5.39. The van der Waals surface area contributed by atoms with Crippen molar-refractivity contribution in [2.75, 3.05) is 38.6 Å². The fraction of sp³-hybridized carbons (Fsp3) is 1.00. The summed E-state index contributed by atoms with van der Waals surface area (Å²) in [6.07, 6.45) is 1.32. The van der Waals surface area contributed by atoms with Crippen LogP contribution in [0.1, 0.15) is 20.3 Å². The van der Waals surface area contributed by atoms with Crippen molar-refractivity contribution >= 4 is 12.6 Å². The van der Waals surface area contributed by atoms with Crippen LogP contribution < -0.4 is 0 Å². The third-order valence-electron chi connectivity index (χ3n) is 2.54. The van der Waals surface area contributed by atoms with E-state index in [-0.39, 0.29) is 0 Å². The average Bonchev–Trinajstić information content (AvgIpc) is 2.40. The van der Waals surface area contributed by atoms with E-state index < -0.39 is 0 Å². The van der Waals surface area contributed by atoms with E-state index in [9.17, 15) is 0 Å². The summed E-state index contributed by atoms with van der Waals surface area (Å²) in [7, 11) is 0. The molecule has 1 aliphatic rings. The zero-order chi connectivity index (χ0) is 9.73. The second-order valence-corrected chi connectivity index (χ2v) is 4.97. The summed E-state index contributed by atoms with van der Waals surface area (Å²) < 4.78 is 5.39. The third-order valence-corrected chi connectivity index (χ3v) is 2.73. The highest BCUT2D eigenvalue weighted by Gasteiger charge is 2.28. The monoisotopic (exact) mass is 203 g/mol. The van der Waals surface area contributed by atoms with Gasteiger partial charge >= 0.3 is 0 Å². The van der Waals surface area contributed by atoms with E-state index in [0.717, 1.165) is 25.5 Å². The van der Waals surface area contributed by atoms with Crippen molar-refractivity contribution < 1.29 is 4.74 Å². The van der Waals surface area contributed by atoms with Crippen LogP contribution in [0, 0.1) is 5.41 Å². The molecule has 0 unspecified atom stereocenters. The van der Waals surface area contributed by atoms with Gasteiger partial charge in [-0.1, -0.05) is 13.8 Å². The van der Waals surface area contributed by atoms with E-state index in [1.807, 2.05) is 0 Å². The number of hydrogen-bond acceptors (Lipinski definition) is 3. The van der Waals surface area contributed by atoms with Crippen LogP contribution >= 0.6 is 12.6 Å². The van der Waals surface area contributed by atoms with Crippen LogP contribution in [-0.4, -0.2) is 43.5 Å². The van der Waals surface area contributed by atoms with Crippen LogP contribution in [0.4, 0.5) is 0 Å². The number of rotatable bonds is 5. The Balaban J connectivity index is 2.04. The van der Waals surface area contributed by atoms with Crippen LogP contribution in [0.5, 0.6) is 0 Å². The zero-order valence-corrected chi connectivity index (χ0v) is 9.65. The molecule has 0 bridgehead atoms. The Morgan fingerprint density at radius 1 is 1.38 bits per heavy atom. The summed E-state index contributed by atoms with van der Waals surface area (Å²) in [5.74, 6) is 0.825. The molecular formula is C10H21NOS. The minimum atomic E-state index is 0.517. The molecule has 0 spiro atoms. The lowest BCUT2D eigenvalue weighted by molar-refractivity contribution is 0.120. The second kappa shape index (κ2) is 5.23. The normalized spacial score (nSPS) is 22.4. The summed E-state index contributed by atoms with van der Waals surface area (Å²) in [6, 6.07) is 0. The Morgan fingerprint density at radius 3 is 2.69 bits per heavy atom. The molecule has 0 aliphatic carbocycles. The largest absolute Gasteiger partial charge is 0.379 e. The van der Waals surface area contributed by atoms with Crippen LogP contribution in [0.15, 0.2) is 0 Å². The highest BCUT2D eigenvalue weighted by atomic mass is 32.1. The molecule has 1 heterocycles. The second-order valence-electron chi connectivity index (χ2n) is 4.53. The predicted octanol–water partition coefficient (Wildman–Crippen LogP) is 1.66. The van der Waals surface area contributed by atoms with Crippen molar-refractivity contribution in [3.8, 4) is 0 Å². The van der Waals surface area contributed by atoms with E-state index >= 15 is 0 Å². The first-order valence-corrected chi connectivity index (χ1v) is 5.68. The maximum Gasteiger partial charge on any atom is 0.0593 e. The SMILES string of the molecule is CC1(C)CCN(CCOCCS)C1. The molecule has 1 aliphatic heterocycles. The first-order chi connectivity index (χ1) is 6.14. The number of likely N-dealkylation sites (tertiary alicyclic amines) is 1. The van der Waals surface area contributed by atoms with Gasteiger partial charge in [0.15, 0.2) is 0 Å². The Kier molecular flexibility index (Phi) is 4.56. The van der Waals surface area contributed by atoms with Gasteiger partial charge < -0.3 is 9.64 Å². The van der Waals surface area contributed by atoms with Gasteiger partial charge in [0.25, 0.3) is 0 Å². The van der Waals surface area contributed by atoms with E-state index in [1.165, 1.54) is 19.5 Å². The number of nitrogens with zero attached hydrogens (tertiary/aromatic N) is 1. The highest BCUT2D eigenvalue weighted by Crippen LogP contribution is 2.28. The lowest BCUT2D eigenvalue weighted by Gasteiger charge is -2.19. The molecule has 0 radical (unpaired) electrons. The van der Waals surface area contributed by atoms with Crippen LogP contribution in [0.3, 0.4) is 0 Å². The molecule has 1 fully saturated rings. The van der Waals surface area contributed by atoms with E-state index in [2.05, 4.69) is 31.4 Å². The molecule has 0 N–H and O–H groups in total. The van der Waals surface area contributed by atoms with Crippen LogP contribution in [0.25, 0.3) is 0 Å². The molecule has 3 heteroatoms. The number of ether oxygens (including phenoxy) is 1. The molecule has 2 nitrogen and oxygen atoms in total. The Bertz CT molecular complexity index is 150. The van der Waals surface area contributed by atoms with Crippen molar-refractivity contribution in [1.29, 1.82) is 0 Å². The molecule has 0 saturated carbocycles. The molecule has 13 heavy (non-hydrogen) atoms. The molecule has 0 aromatic carbocycles. The van der Waals surface area contributed by atoms with Crippen LogP contribution in [-0.2, 0) is 4.74 Å². The minimum Gasteiger partial charge on any atom is -0.379 e. The lowest BCUT2D eigenvalue weighted by atomic mass is 9.93. The fourth-order valence-corrected chi connectivity index (χ4v) is 1.90. The molecular weight excluding hydrogens is 182 g/mol. The van der Waals surface area contributed by atoms with Gasteiger partial charge in [-0.15, -0.1) is 0 Å². The van der Waals surface area contributed by atoms with Gasteiger partial charge in [-0.25, -0.2) is 0 Å². The van der Waals surface area contributed by atoms with E-state index in [1.54, 1.807) is 0 Å². The lowest BCUT2D eigenvalue weighted by Crippen LogP contribution is -2.27. The zero-order valence-electron chi connectivity index (χ0n) is 8.75. The summed E-state index contributed by atoms with van der Waals surface area (Å²) >= 11 is 4.09. The summed E-state index contributed by atoms with van der Waals surface area (Å²) in [5, 5.41) is 0. The average molecular weight is 203 g/mol. The van der Waals surface area contributed by atoms with Gasteiger partial charge in [-0.2, -0.15) is 12.6 Å². The molecule has 0 atom stereocenters. The van der Waals surface area contributed by atoms with Gasteiger partial charge in [0, 0.05) is 18.8 Å². The van der Waals surface area contributed by atoms with Gasteiger partial charge in [0.2, 0.25) is 0 Å². The van der Waals surface area contributed by atoms with E-state index in [4.69, 9.17) is 4.74 Å². The quantitative estimate of drug-likeness (QED) is 0.539. The fourth-order valence-electron chi connectivity index (χ4n) is 1.78. The van der Waals surface area contributed by atoms with Gasteiger partial charge in [-0.3, -0.25) is 0 Å². The topological polar surface area (TPSA) is 12.5 Å². The summed E-state index contributed by atoms with van der Waals surface area (Å²) in [5.41, 5.74) is 0.517. The highest BCUT2D eigenvalue weighted by molar-refractivity contribution is 7.80. The van der Waals surface area contributed by atoms with Gasteiger partial charge in [0.05, 0.1) is 13.2 Å². The van der Waals surface area contributed by atoms with E-state index in [0.29, 0.717) is 5.41 Å². The third kappa shape index (κ3) is 4.34. The molecule has 1 rings (SSSR count). The first kappa shape index (κ1) is 11.3. The van der Waals surface area contributed by atoms with Gasteiger partial charge in [-0.05, 0) is 18.4 Å². The smallest absolute Gasteiger partial charge is 0.0593 e. The summed E-state index contributed by atoms with van der Waals surface area (Å²) in [6.45, 7) is 9.84. The molecule has 0 amide bonds. The molecule has 1 saturated heterocycles. The predicted molar refractivity (Wildman–Crippen MR) is 59.5 cm³/mol. The van der Waals surface area contributed by atoms with Gasteiger partial charge in [0.1, 0.15) is 0 Å². The molecule has 0 aromatic rings. The maximum absolute atomic E-state index is 5.39. The van der Waals surface area contributed by atoms with Crippen molar-refractivity contribution in [1.82, 2.24) is 4.90 Å². The Hall–Kier alpha value is 0.270. The van der Waals surface area contributed by atoms with Crippen molar-refractivity contribution in [3.63, 3.8) is 0 Å². The van der Waals surface area contributed by atoms with Crippen molar-refractivity contribution in [3.05, 3.63) is 0 Å². The minimum absolute atomic E-state index is 0.517. The Morgan fingerprint density at radius 2 is 2.15 bits per heavy atom. The first-order valence-electron chi connectivity index (χ1n) is 5.05. The van der Waals surface area contributed by atoms with Crippen molar-refractivity contribution in [2.24, 2.45) is 5.41 Å². The Labute approximate surface area is 87.0 Å². The molecule has 0 aromatic heterocycles. The summed E-state index contributed by atoms with van der Waals surface area (Å²) in [4.78, 5) is 2.48. The molecule has 78 valence electrons. The van der Waals surface area contributed by atoms with Crippen molar-refractivity contribution in [2.45, 2.75) is 20.3 Å². The standard InChI is InChI=1S/C10H21NOS/c1-10(2)3-4-11(9-10)5-6-12-7-8-13/h13H,3-9H2,1-2H3. The number of hydrogen-bond donors (Lipinski definition) is 1. The van der Waals surface area contributed by atoms with Crippen LogP contribution in [0.2, 0.25) is 0 Å². The number of thiol groups is 1.